The monoisotopic (exact) mass is 1540 g/mol. The second-order valence-electron chi connectivity index (χ2n) is 31.9. The van der Waals surface area contributed by atoms with Crippen LogP contribution in [-0.4, -0.2) is 96.7 Å². The van der Waals surface area contributed by atoms with Crippen molar-refractivity contribution < 1.29 is 80.2 Å². The van der Waals surface area contributed by atoms with Crippen LogP contribution in [0.25, 0.3) is 0 Å². The number of aliphatic hydroxyl groups excluding tert-OH is 1. The van der Waals surface area contributed by atoms with Gasteiger partial charge in [-0.3, -0.25) is 37.3 Å². The van der Waals surface area contributed by atoms with Crippen LogP contribution >= 0.6 is 15.6 Å². The molecular weight excluding hydrogens is 1370 g/mol. The number of carbonyl (C=O) groups excluding carboxylic acids is 4. The van der Waals surface area contributed by atoms with Crippen molar-refractivity contribution in [3.05, 3.63) is 0 Å². The van der Waals surface area contributed by atoms with Gasteiger partial charge in [0.05, 0.1) is 26.4 Å². The van der Waals surface area contributed by atoms with Gasteiger partial charge in [0.1, 0.15) is 19.3 Å². The quantitative estimate of drug-likeness (QED) is 0.0222. The summed E-state index contributed by atoms with van der Waals surface area (Å²) in [6.45, 7) is 9.67. The number of unbranched alkanes of at least 4 members (excludes halogenated alkanes) is 55. The van der Waals surface area contributed by atoms with E-state index in [9.17, 15) is 43.2 Å². The summed E-state index contributed by atoms with van der Waals surface area (Å²) in [6.07, 6.45) is 69.4. The molecule has 0 aromatic carbocycles. The molecule has 3 N–H and O–H groups in total. The third-order valence-electron chi connectivity index (χ3n) is 20.2. The lowest BCUT2D eigenvalue weighted by atomic mass is 10.0. The normalized spacial score (nSPS) is 13.8. The van der Waals surface area contributed by atoms with Gasteiger partial charge in [0, 0.05) is 25.7 Å². The topological polar surface area (TPSA) is 237 Å². The fraction of sp³-hybridized carbons (Fsp3) is 0.953. The molecule has 0 fully saturated rings. The Balaban J connectivity index is 5.24. The van der Waals surface area contributed by atoms with Gasteiger partial charge in [0.15, 0.2) is 12.2 Å². The van der Waals surface area contributed by atoms with E-state index in [1.807, 2.05) is 0 Å². The Hall–Kier alpha value is -1.94. The van der Waals surface area contributed by atoms with Crippen molar-refractivity contribution in [3.8, 4) is 0 Å². The molecular formula is C86H168O17P2. The van der Waals surface area contributed by atoms with E-state index in [-0.39, 0.29) is 25.7 Å². The number of hydrogen-bond donors (Lipinski definition) is 3. The molecule has 19 heteroatoms. The maximum absolute atomic E-state index is 13.1. The Morgan fingerprint density at radius 1 is 0.257 bits per heavy atom. The molecule has 0 amide bonds. The summed E-state index contributed by atoms with van der Waals surface area (Å²) in [5.74, 6) is -0.566. The maximum Gasteiger partial charge on any atom is 0.472 e. The van der Waals surface area contributed by atoms with Crippen molar-refractivity contribution in [1.29, 1.82) is 0 Å². The highest BCUT2D eigenvalue weighted by Crippen LogP contribution is 2.45. The zero-order valence-corrected chi connectivity index (χ0v) is 70.8. The zero-order chi connectivity index (χ0) is 77.1. The molecule has 0 rings (SSSR count). The Morgan fingerprint density at radius 2 is 0.438 bits per heavy atom. The van der Waals surface area contributed by atoms with Gasteiger partial charge in [-0.2, -0.15) is 0 Å². The minimum atomic E-state index is -4.97. The van der Waals surface area contributed by atoms with E-state index in [4.69, 9.17) is 37.0 Å². The molecule has 0 aliphatic rings. The minimum absolute atomic E-state index is 0.108. The molecule has 0 aliphatic carbocycles. The fourth-order valence-corrected chi connectivity index (χ4v) is 15.0. The summed E-state index contributed by atoms with van der Waals surface area (Å²) in [4.78, 5) is 73.2. The fourth-order valence-electron chi connectivity index (χ4n) is 13.4. The summed E-state index contributed by atoms with van der Waals surface area (Å²) in [7, 11) is -9.93. The van der Waals surface area contributed by atoms with Gasteiger partial charge in [-0.1, -0.05) is 408 Å². The number of phosphoric acid groups is 2. The van der Waals surface area contributed by atoms with Crippen LogP contribution in [0.1, 0.15) is 459 Å². The molecule has 105 heavy (non-hydrogen) atoms. The first-order chi connectivity index (χ1) is 50.9. The van der Waals surface area contributed by atoms with Crippen molar-refractivity contribution in [2.45, 2.75) is 477 Å². The predicted octanol–water partition coefficient (Wildman–Crippen LogP) is 26.2. The van der Waals surface area contributed by atoms with Crippen molar-refractivity contribution >= 4 is 39.5 Å². The molecule has 0 saturated heterocycles. The molecule has 2 unspecified atom stereocenters. The number of ether oxygens (including phenoxy) is 4. The highest BCUT2D eigenvalue weighted by Gasteiger charge is 2.30. The summed E-state index contributed by atoms with van der Waals surface area (Å²) in [6, 6.07) is 0. The molecule has 0 bridgehead atoms. The van der Waals surface area contributed by atoms with Crippen molar-refractivity contribution in [3.63, 3.8) is 0 Å². The molecule has 17 nitrogen and oxygen atoms in total. The lowest BCUT2D eigenvalue weighted by molar-refractivity contribution is -0.161. The van der Waals surface area contributed by atoms with Crippen LogP contribution in [0.3, 0.4) is 0 Å². The molecule has 0 spiro atoms. The van der Waals surface area contributed by atoms with E-state index in [1.54, 1.807) is 0 Å². The summed E-state index contributed by atoms with van der Waals surface area (Å²) < 4.78 is 68.9. The van der Waals surface area contributed by atoms with Gasteiger partial charge in [-0.25, -0.2) is 9.13 Å². The van der Waals surface area contributed by atoms with Gasteiger partial charge in [-0.05, 0) is 37.5 Å². The van der Waals surface area contributed by atoms with E-state index in [0.717, 1.165) is 102 Å². The van der Waals surface area contributed by atoms with Crippen LogP contribution < -0.4 is 0 Å². The second kappa shape index (κ2) is 77.4. The summed E-state index contributed by atoms with van der Waals surface area (Å²) in [5, 5.41) is 10.7. The van der Waals surface area contributed by atoms with E-state index >= 15 is 0 Å². The zero-order valence-electron chi connectivity index (χ0n) is 69.0. The second-order valence-corrected chi connectivity index (χ2v) is 34.8. The van der Waals surface area contributed by atoms with Crippen LogP contribution in [0.4, 0.5) is 0 Å². The van der Waals surface area contributed by atoms with Crippen LogP contribution in [-0.2, 0) is 65.4 Å². The summed E-state index contributed by atoms with van der Waals surface area (Å²) >= 11 is 0. The minimum Gasteiger partial charge on any atom is -0.462 e. The average Bonchev–Trinajstić information content (AvgIpc) is 0.933. The Kier molecular flexibility index (Phi) is 76.0. The Labute approximate surface area is 645 Å². The number of aliphatic hydroxyl groups is 1. The number of rotatable bonds is 85. The first-order valence-corrected chi connectivity index (χ1v) is 47.5. The first kappa shape index (κ1) is 103. The molecule has 0 saturated carbocycles. The van der Waals surface area contributed by atoms with E-state index < -0.39 is 97.5 Å². The standard InChI is InChI=1S/C86H168O17P2/c1-7-9-11-13-15-17-19-21-23-25-26-27-32-35-39-43-50-56-62-68-83(88)96-74-81(102-85(90)71-65-59-53-45-41-37-33-29-28-30-34-38-42-48-54-60-66-78(3)4)76-100-104(92,93)98-72-80(87)73-99-105(94,95)101-77-82(75-97-84(89)69-63-57-51-47-46-49-55-61-67-79(5)6)103-86(91)70-64-58-52-44-40-36-31-24-22-20-18-16-14-12-10-8-2/h78-82,87H,7-77H2,1-6H3,(H,92,93)(H,94,95)/t80-,81-,82-/m1/s1. The van der Waals surface area contributed by atoms with Crippen LogP contribution in [0.2, 0.25) is 0 Å². The molecule has 0 heterocycles. The first-order valence-electron chi connectivity index (χ1n) is 44.5. The maximum atomic E-state index is 13.1. The third-order valence-corrected chi connectivity index (χ3v) is 22.1. The third kappa shape index (κ3) is 79.9. The molecule has 0 aliphatic heterocycles. The Bertz CT molecular complexity index is 2010. The van der Waals surface area contributed by atoms with E-state index in [0.29, 0.717) is 25.7 Å². The molecule has 0 radical (unpaired) electrons. The van der Waals surface area contributed by atoms with Crippen LogP contribution in [0.15, 0.2) is 0 Å². The average molecular weight is 1540 g/mol. The van der Waals surface area contributed by atoms with Gasteiger partial charge in [0.2, 0.25) is 0 Å². The van der Waals surface area contributed by atoms with Crippen molar-refractivity contribution in [2.24, 2.45) is 11.8 Å². The van der Waals surface area contributed by atoms with Gasteiger partial charge < -0.3 is 33.8 Å². The number of carbonyl (C=O) groups is 4. The van der Waals surface area contributed by atoms with Gasteiger partial charge in [0.25, 0.3) is 0 Å². The van der Waals surface area contributed by atoms with Gasteiger partial charge in [-0.15, -0.1) is 0 Å². The van der Waals surface area contributed by atoms with E-state index in [2.05, 4.69) is 41.5 Å². The number of hydrogen-bond acceptors (Lipinski definition) is 15. The number of esters is 4. The van der Waals surface area contributed by atoms with E-state index in [1.165, 1.54) is 276 Å². The largest absolute Gasteiger partial charge is 0.472 e. The van der Waals surface area contributed by atoms with Gasteiger partial charge >= 0.3 is 39.5 Å². The van der Waals surface area contributed by atoms with Crippen molar-refractivity contribution in [1.82, 2.24) is 0 Å². The lowest BCUT2D eigenvalue weighted by Gasteiger charge is -2.21. The SMILES string of the molecule is CCCCCCCCCCCCCCCCCCCCCC(=O)OC[C@H](COP(=O)(O)OC[C@@H](O)COP(=O)(O)OC[C@@H](COC(=O)CCCCCCCCCCC(C)C)OC(=O)CCCCCCCCCCCCCCCCCC)OC(=O)CCCCCCCCCCCCCCCCCCC(C)C. The lowest BCUT2D eigenvalue weighted by Crippen LogP contribution is -2.30. The molecule has 0 aromatic heterocycles. The van der Waals surface area contributed by atoms with Crippen molar-refractivity contribution in [2.75, 3.05) is 39.6 Å². The predicted molar refractivity (Wildman–Crippen MR) is 432 cm³/mol. The smallest absolute Gasteiger partial charge is 0.462 e. The summed E-state index contributed by atoms with van der Waals surface area (Å²) in [5.41, 5.74) is 0. The Morgan fingerprint density at radius 3 is 0.648 bits per heavy atom. The molecule has 5 atom stereocenters. The number of phosphoric ester groups is 2. The van der Waals surface area contributed by atoms with Crippen LogP contribution in [0.5, 0.6) is 0 Å². The molecule has 0 aromatic rings. The highest BCUT2D eigenvalue weighted by molar-refractivity contribution is 7.47. The molecule has 624 valence electrons. The van der Waals surface area contributed by atoms with Crippen LogP contribution in [0, 0.1) is 11.8 Å². The highest BCUT2D eigenvalue weighted by atomic mass is 31.2.